The number of benzene rings is 1. The minimum atomic E-state index is -1.11. The van der Waals surface area contributed by atoms with Crippen LogP contribution in [0.1, 0.15) is 19.4 Å². The highest BCUT2D eigenvalue weighted by Gasteiger charge is 2.13. The van der Waals surface area contributed by atoms with Crippen molar-refractivity contribution in [3.05, 3.63) is 29.8 Å². The minimum Gasteiger partial charge on any atom is -0.478 e. The summed E-state index contributed by atoms with van der Waals surface area (Å²) < 4.78 is 10.1. The lowest BCUT2D eigenvalue weighted by Gasteiger charge is -2.11. The highest BCUT2D eigenvalue weighted by atomic mass is 16.6. The van der Waals surface area contributed by atoms with Crippen molar-refractivity contribution >= 4 is 24.2 Å². The molecule has 0 aromatic heterocycles. The summed E-state index contributed by atoms with van der Waals surface area (Å²) >= 11 is 0. The summed E-state index contributed by atoms with van der Waals surface area (Å²) in [5, 5.41) is 13.5. The molecule has 124 valence electrons. The third kappa shape index (κ3) is 6.51. The molecule has 0 bridgehead atoms. The number of carbonyl (C=O) groups is 3. The number of carboxylic acids is 1. The zero-order chi connectivity index (χ0) is 17.2. The Morgan fingerprint density at radius 2 is 1.61 bits per heavy atom. The Balaban J connectivity index is 3.04. The summed E-state index contributed by atoms with van der Waals surface area (Å²) in [6.45, 7) is 4.20. The van der Waals surface area contributed by atoms with Gasteiger partial charge in [-0.2, -0.15) is 0 Å². The molecule has 0 atom stereocenters. The van der Waals surface area contributed by atoms with Crippen LogP contribution in [0.4, 0.5) is 9.59 Å². The first-order valence-electron chi connectivity index (χ1n) is 6.92. The normalized spacial score (nSPS) is 10.2. The Hall–Kier alpha value is -3.03. The summed E-state index contributed by atoms with van der Waals surface area (Å²) in [6, 6.07) is 4.33. The predicted molar refractivity (Wildman–Crippen MR) is 82.5 cm³/mol. The molecule has 0 heterocycles. The van der Waals surface area contributed by atoms with Gasteiger partial charge in [-0.15, -0.1) is 0 Å². The lowest BCUT2D eigenvalue weighted by Crippen LogP contribution is -2.28. The number of hydrogen-bond acceptors (Lipinski definition) is 5. The molecule has 0 fully saturated rings. The Morgan fingerprint density at radius 1 is 1.04 bits per heavy atom. The summed E-state index contributed by atoms with van der Waals surface area (Å²) in [5.41, 5.74) is 0.468. The third-order valence-electron chi connectivity index (χ3n) is 2.43. The number of carboxylic acid groups (broad SMARTS) is 1. The van der Waals surface area contributed by atoms with Crippen LogP contribution in [0, 0.1) is 0 Å². The standard InChI is InChI=1S/C15H18N2O6/c1-3-16-14(20)22-11-7-5-10(6-8-13(18)19)9-12(11)23-15(21)17-4-2/h5-9H,3-4H2,1-2H3,(H,16,20)(H,17,21)(H,18,19)/b8-6+. The van der Waals surface area contributed by atoms with E-state index in [0.29, 0.717) is 18.7 Å². The van der Waals surface area contributed by atoms with Crippen LogP contribution in [0.2, 0.25) is 0 Å². The van der Waals surface area contributed by atoms with E-state index in [9.17, 15) is 14.4 Å². The molecular formula is C15H18N2O6. The van der Waals surface area contributed by atoms with E-state index >= 15 is 0 Å². The van der Waals surface area contributed by atoms with E-state index in [0.717, 1.165) is 6.08 Å². The van der Waals surface area contributed by atoms with Crippen molar-refractivity contribution in [1.82, 2.24) is 10.6 Å². The van der Waals surface area contributed by atoms with Crippen LogP contribution in [0.3, 0.4) is 0 Å². The van der Waals surface area contributed by atoms with Gasteiger partial charge in [0, 0.05) is 19.2 Å². The van der Waals surface area contributed by atoms with Gasteiger partial charge in [0.1, 0.15) is 0 Å². The lowest BCUT2D eigenvalue weighted by atomic mass is 10.2. The molecule has 23 heavy (non-hydrogen) atoms. The van der Waals surface area contributed by atoms with Crippen molar-refractivity contribution in [2.24, 2.45) is 0 Å². The van der Waals surface area contributed by atoms with E-state index in [1.807, 2.05) is 0 Å². The van der Waals surface area contributed by atoms with E-state index in [1.54, 1.807) is 13.8 Å². The SMILES string of the molecule is CCNC(=O)Oc1ccc(/C=C/C(=O)O)cc1OC(=O)NCC. The van der Waals surface area contributed by atoms with Gasteiger partial charge in [0.2, 0.25) is 0 Å². The Labute approximate surface area is 133 Å². The predicted octanol–water partition coefficient (Wildman–Crippen LogP) is 2.00. The highest BCUT2D eigenvalue weighted by Crippen LogP contribution is 2.29. The van der Waals surface area contributed by atoms with Crippen molar-refractivity contribution in [3.63, 3.8) is 0 Å². The number of amides is 2. The molecule has 1 rings (SSSR count). The maximum Gasteiger partial charge on any atom is 0.412 e. The van der Waals surface area contributed by atoms with E-state index in [2.05, 4.69) is 10.6 Å². The molecule has 1 aromatic rings. The van der Waals surface area contributed by atoms with Gasteiger partial charge in [-0.1, -0.05) is 6.07 Å². The van der Waals surface area contributed by atoms with Crippen LogP contribution >= 0.6 is 0 Å². The average Bonchev–Trinajstić information content (AvgIpc) is 2.48. The molecule has 0 radical (unpaired) electrons. The second-order valence-corrected chi connectivity index (χ2v) is 4.22. The monoisotopic (exact) mass is 322 g/mol. The van der Waals surface area contributed by atoms with Crippen LogP contribution in [-0.4, -0.2) is 36.4 Å². The highest BCUT2D eigenvalue weighted by molar-refractivity contribution is 5.85. The maximum atomic E-state index is 11.6. The number of nitrogens with one attached hydrogen (secondary N) is 2. The Morgan fingerprint density at radius 3 is 2.13 bits per heavy atom. The number of rotatable bonds is 6. The smallest absolute Gasteiger partial charge is 0.412 e. The van der Waals surface area contributed by atoms with Crippen LogP contribution in [0.5, 0.6) is 11.5 Å². The minimum absolute atomic E-state index is 0.00487. The van der Waals surface area contributed by atoms with Gasteiger partial charge in [0.05, 0.1) is 0 Å². The van der Waals surface area contributed by atoms with Crippen LogP contribution in [0.25, 0.3) is 6.08 Å². The van der Waals surface area contributed by atoms with Crippen molar-refractivity contribution < 1.29 is 29.0 Å². The summed E-state index contributed by atoms with van der Waals surface area (Å²) in [5.74, 6) is -1.08. The van der Waals surface area contributed by atoms with Gasteiger partial charge >= 0.3 is 18.2 Å². The van der Waals surface area contributed by atoms with Crippen LogP contribution in [-0.2, 0) is 4.79 Å². The molecule has 2 amide bonds. The first-order chi connectivity index (χ1) is 11.0. The quantitative estimate of drug-likeness (QED) is 0.690. The molecule has 0 aliphatic rings. The van der Waals surface area contributed by atoms with Crippen molar-refractivity contribution in [2.75, 3.05) is 13.1 Å². The number of carbonyl (C=O) groups excluding carboxylic acids is 2. The molecule has 1 aromatic carbocycles. The number of ether oxygens (including phenoxy) is 2. The molecule has 0 saturated carbocycles. The van der Waals surface area contributed by atoms with Gasteiger partial charge < -0.3 is 25.2 Å². The van der Waals surface area contributed by atoms with E-state index in [-0.39, 0.29) is 11.5 Å². The average molecular weight is 322 g/mol. The van der Waals surface area contributed by atoms with E-state index in [1.165, 1.54) is 24.3 Å². The molecule has 0 spiro atoms. The van der Waals surface area contributed by atoms with Gasteiger partial charge in [-0.05, 0) is 37.6 Å². The van der Waals surface area contributed by atoms with Gasteiger partial charge in [0.15, 0.2) is 11.5 Å². The lowest BCUT2D eigenvalue weighted by molar-refractivity contribution is -0.131. The molecular weight excluding hydrogens is 304 g/mol. The second-order valence-electron chi connectivity index (χ2n) is 4.22. The Kier molecular flexibility index (Phi) is 7.12. The molecule has 8 nitrogen and oxygen atoms in total. The molecule has 0 unspecified atom stereocenters. The molecule has 0 aliphatic carbocycles. The third-order valence-corrected chi connectivity index (χ3v) is 2.43. The number of aliphatic carboxylic acids is 1. The topological polar surface area (TPSA) is 114 Å². The molecule has 8 heteroatoms. The van der Waals surface area contributed by atoms with E-state index < -0.39 is 18.2 Å². The van der Waals surface area contributed by atoms with Crippen LogP contribution < -0.4 is 20.1 Å². The zero-order valence-electron chi connectivity index (χ0n) is 12.8. The summed E-state index contributed by atoms with van der Waals surface area (Å²) in [7, 11) is 0. The fraction of sp³-hybridized carbons (Fsp3) is 0.267. The fourth-order valence-corrected chi connectivity index (χ4v) is 1.52. The molecule has 3 N–H and O–H groups in total. The number of hydrogen-bond donors (Lipinski definition) is 3. The summed E-state index contributed by atoms with van der Waals surface area (Å²) in [6.07, 6.45) is 0.855. The first kappa shape index (κ1) is 18.0. The first-order valence-corrected chi connectivity index (χ1v) is 6.92. The van der Waals surface area contributed by atoms with Gasteiger partial charge in [-0.3, -0.25) is 0 Å². The van der Waals surface area contributed by atoms with Crippen LogP contribution in [0.15, 0.2) is 24.3 Å². The zero-order valence-corrected chi connectivity index (χ0v) is 12.8. The fourth-order valence-electron chi connectivity index (χ4n) is 1.52. The van der Waals surface area contributed by atoms with Gasteiger partial charge in [-0.25, -0.2) is 14.4 Å². The van der Waals surface area contributed by atoms with E-state index in [4.69, 9.17) is 14.6 Å². The maximum absolute atomic E-state index is 11.6. The largest absolute Gasteiger partial charge is 0.478 e. The van der Waals surface area contributed by atoms with Gasteiger partial charge in [0.25, 0.3) is 0 Å². The van der Waals surface area contributed by atoms with Crippen molar-refractivity contribution in [2.45, 2.75) is 13.8 Å². The Bertz CT molecular complexity index is 612. The second kappa shape index (κ2) is 9.08. The van der Waals surface area contributed by atoms with Crippen molar-refractivity contribution in [3.8, 4) is 11.5 Å². The van der Waals surface area contributed by atoms with Crippen molar-refractivity contribution in [1.29, 1.82) is 0 Å². The molecule has 0 aliphatic heterocycles. The summed E-state index contributed by atoms with van der Waals surface area (Å²) in [4.78, 5) is 33.6. The molecule has 0 saturated heterocycles.